The smallest absolute Gasteiger partial charge is 0.338 e. The Balaban J connectivity index is 1.42. The minimum Gasteiger partial charge on any atom is -0.465 e. The second-order valence-corrected chi connectivity index (χ2v) is 12.0. The van der Waals surface area contributed by atoms with Crippen LogP contribution in [-0.2, 0) is 9.53 Å². The van der Waals surface area contributed by atoms with Gasteiger partial charge < -0.3 is 19.5 Å². The zero-order chi connectivity index (χ0) is 28.3. The summed E-state index contributed by atoms with van der Waals surface area (Å²) < 4.78 is 34.4. The minimum atomic E-state index is -2.69. The molecule has 0 spiro atoms. The molecule has 2 atom stereocenters. The average molecular weight is 564 g/mol. The molecule has 4 rings (SSSR count). The molecule has 0 aromatic carbocycles. The van der Waals surface area contributed by atoms with E-state index in [-0.39, 0.29) is 49.6 Å². The van der Waals surface area contributed by atoms with Gasteiger partial charge in [-0.25, -0.2) is 13.6 Å². The number of ether oxygens (including phenoxy) is 1. The summed E-state index contributed by atoms with van der Waals surface area (Å²) in [5.74, 6) is -1.58. The number of likely N-dealkylation sites (tertiary alicyclic amines) is 1. The number of nitrogens with one attached hydrogen (secondary N) is 1. The van der Waals surface area contributed by atoms with Crippen molar-refractivity contribution < 1.29 is 23.1 Å². The Labute approximate surface area is 232 Å². The third kappa shape index (κ3) is 6.85. The average Bonchev–Trinajstić information content (AvgIpc) is 3.54. The third-order valence-electron chi connectivity index (χ3n) is 7.90. The van der Waals surface area contributed by atoms with Gasteiger partial charge in [0.05, 0.1) is 18.7 Å². The molecule has 0 bridgehead atoms. The van der Waals surface area contributed by atoms with Crippen LogP contribution in [0.1, 0.15) is 104 Å². The van der Waals surface area contributed by atoms with Crippen LogP contribution >= 0.6 is 11.3 Å². The van der Waals surface area contributed by atoms with Gasteiger partial charge in [-0.1, -0.05) is 20.4 Å². The second kappa shape index (κ2) is 12.1. The van der Waals surface area contributed by atoms with E-state index in [0.29, 0.717) is 18.5 Å². The number of rotatable bonds is 9. The highest BCUT2D eigenvalue weighted by molar-refractivity contribution is 7.10. The molecule has 2 fully saturated rings. The predicted molar refractivity (Wildman–Crippen MR) is 146 cm³/mol. The first-order chi connectivity index (χ1) is 18.5. The van der Waals surface area contributed by atoms with Gasteiger partial charge in [-0.15, -0.1) is 21.5 Å². The van der Waals surface area contributed by atoms with Gasteiger partial charge in [0.15, 0.2) is 0 Å². The largest absolute Gasteiger partial charge is 0.465 e. The Hall–Kier alpha value is -2.82. The van der Waals surface area contributed by atoms with E-state index in [1.807, 2.05) is 6.92 Å². The van der Waals surface area contributed by atoms with E-state index in [9.17, 15) is 18.4 Å². The quantitative estimate of drug-likeness (QED) is 0.389. The highest BCUT2D eigenvalue weighted by Gasteiger charge is 2.38. The zero-order valence-electron chi connectivity index (χ0n) is 23.2. The number of halogens is 2. The Morgan fingerprint density at radius 2 is 1.97 bits per heavy atom. The molecule has 1 saturated carbocycles. The Morgan fingerprint density at radius 1 is 1.26 bits per heavy atom. The van der Waals surface area contributed by atoms with Gasteiger partial charge in [0.25, 0.3) is 0 Å². The van der Waals surface area contributed by atoms with Crippen LogP contribution in [0.3, 0.4) is 0 Å². The third-order valence-corrected chi connectivity index (χ3v) is 8.95. The van der Waals surface area contributed by atoms with E-state index >= 15 is 0 Å². The number of thiophene rings is 1. The Morgan fingerprint density at radius 3 is 2.62 bits per heavy atom. The van der Waals surface area contributed by atoms with E-state index in [1.165, 1.54) is 18.4 Å². The fourth-order valence-corrected chi connectivity index (χ4v) is 6.57. The van der Waals surface area contributed by atoms with Gasteiger partial charge >= 0.3 is 5.97 Å². The van der Waals surface area contributed by atoms with E-state index in [0.717, 1.165) is 41.6 Å². The number of methoxy groups -OCH3 is 1. The number of amides is 1. The van der Waals surface area contributed by atoms with E-state index in [2.05, 4.69) is 45.4 Å². The van der Waals surface area contributed by atoms with Gasteiger partial charge in [0, 0.05) is 66.2 Å². The highest BCUT2D eigenvalue weighted by atomic mass is 32.1. The van der Waals surface area contributed by atoms with Crippen molar-refractivity contribution in [2.45, 2.75) is 89.6 Å². The number of nitrogens with zero attached hydrogens (tertiary/aromatic N) is 4. The Bertz CT molecular complexity index is 1180. The summed E-state index contributed by atoms with van der Waals surface area (Å²) in [4.78, 5) is 28.2. The predicted octanol–water partition coefficient (Wildman–Crippen LogP) is 5.78. The van der Waals surface area contributed by atoms with Crippen LogP contribution in [0.25, 0.3) is 0 Å². The van der Waals surface area contributed by atoms with E-state index < -0.39 is 17.8 Å². The van der Waals surface area contributed by atoms with Crippen molar-refractivity contribution in [2.24, 2.45) is 5.92 Å². The second-order valence-electron chi connectivity index (χ2n) is 11.0. The molecule has 1 unspecified atom stereocenters. The lowest BCUT2D eigenvalue weighted by molar-refractivity contribution is -0.130. The number of alkyl halides is 2. The van der Waals surface area contributed by atoms with Crippen molar-refractivity contribution in [3.05, 3.63) is 45.8 Å². The van der Waals surface area contributed by atoms with E-state index in [4.69, 9.17) is 4.74 Å². The maximum absolute atomic E-state index is 13.6. The van der Waals surface area contributed by atoms with Gasteiger partial charge in [0.1, 0.15) is 11.6 Å². The van der Waals surface area contributed by atoms with Crippen LogP contribution in [0.2, 0.25) is 0 Å². The number of hydrogen-bond acceptors (Lipinski definition) is 7. The number of carbonyl (C=O) groups excluding carboxylic acids is 2. The molecule has 0 radical (unpaired) electrons. The molecule has 2 aromatic heterocycles. The standard InChI is InChI=1S/C28H39F2N5O3S/c1-17(2)25-33-32-19(4)35(25)22-8-12-34(18(3)14-22)13-9-23(24-15-21(16-39-24)27(37)38-5)31-26(36)20-6-10-28(29,30)11-7-20/h15-17,20,22-23H,3,6-14H2,1-2,4-5H3,(H,31,36)/t22?,23-/m0/s1. The molecule has 1 N–H and O–H groups in total. The summed E-state index contributed by atoms with van der Waals surface area (Å²) in [5.41, 5.74) is 1.46. The maximum Gasteiger partial charge on any atom is 0.338 e. The molecule has 214 valence electrons. The SMILES string of the molecule is C=C1CC(n2c(C)nnc2C(C)C)CCN1CC[C@H](NC(=O)C1CCC(F)(F)CC1)c1cc(C(=O)OC)cs1. The topological polar surface area (TPSA) is 89.4 Å². The fraction of sp³-hybridized carbons (Fsp3) is 0.643. The molecule has 8 nitrogen and oxygen atoms in total. The first kappa shape index (κ1) is 29.2. The highest BCUT2D eigenvalue weighted by Crippen LogP contribution is 2.37. The summed E-state index contributed by atoms with van der Waals surface area (Å²) in [5, 5.41) is 13.5. The van der Waals surface area contributed by atoms with Crippen molar-refractivity contribution in [3.63, 3.8) is 0 Å². The lowest BCUT2D eigenvalue weighted by atomic mass is 9.86. The molecular formula is C28H39F2N5O3S. The molecular weight excluding hydrogens is 524 g/mol. The minimum absolute atomic E-state index is 0.175. The van der Waals surface area contributed by atoms with E-state index in [1.54, 1.807) is 11.4 Å². The Kier molecular flexibility index (Phi) is 9.08. The van der Waals surface area contributed by atoms with Gasteiger partial charge in [-0.05, 0) is 38.7 Å². The van der Waals surface area contributed by atoms with Gasteiger partial charge in [-0.3, -0.25) is 4.79 Å². The molecule has 39 heavy (non-hydrogen) atoms. The molecule has 1 amide bonds. The molecule has 1 aliphatic heterocycles. The summed E-state index contributed by atoms with van der Waals surface area (Å²) in [7, 11) is 1.33. The van der Waals surface area contributed by atoms with Gasteiger partial charge in [-0.2, -0.15) is 0 Å². The van der Waals surface area contributed by atoms with Crippen LogP contribution in [0.15, 0.2) is 23.7 Å². The molecule has 11 heteroatoms. The monoisotopic (exact) mass is 563 g/mol. The molecule has 3 heterocycles. The number of aryl methyl sites for hydroxylation is 1. The number of aromatic nitrogens is 3. The van der Waals surface area contributed by atoms with Gasteiger partial charge in [0.2, 0.25) is 11.8 Å². The van der Waals surface area contributed by atoms with Crippen molar-refractivity contribution in [2.75, 3.05) is 20.2 Å². The summed E-state index contributed by atoms with van der Waals surface area (Å²) in [6.07, 6.45) is 2.14. The molecule has 2 aromatic rings. The number of esters is 1. The molecule has 1 aliphatic carbocycles. The van der Waals surface area contributed by atoms with Crippen LogP contribution in [0, 0.1) is 12.8 Å². The summed E-state index contributed by atoms with van der Waals surface area (Å²) in [6, 6.07) is 1.65. The van der Waals surface area contributed by atoms with Crippen molar-refractivity contribution in [3.8, 4) is 0 Å². The fourth-order valence-electron chi connectivity index (χ4n) is 5.61. The molecule has 2 aliphatic rings. The van der Waals surface area contributed by atoms with Crippen LogP contribution < -0.4 is 5.32 Å². The van der Waals surface area contributed by atoms with Crippen molar-refractivity contribution in [1.29, 1.82) is 0 Å². The van der Waals surface area contributed by atoms with Crippen LogP contribution in [0.4, 0.5) is 8.78 Å². The molecule has 1 saturated heterocycles. The lowest BCUT2D eigenvalue weighted by Gasteiger charge is -2.37. The summed E-state index contributed by atoms with van der Waals surface area (Å²) >= 11 is 1.39. The number of piperidine rings is 1. The normalized spacial score (nSPS) is 20.7. The van der Waals surface area contributed by atoms with Crippen molar-refractivity contribution in [1.82, 2.24) is 25.0 Å². The lowest BCUT2D eigenvalue weighted by Crippen LogP contribution is -2.39. The first-order valence-corrected chi connectivity index (χ1v) is 14.6. The first-order valence-electron chi connectivity index (χ1n) is 13.7. The number of allylic oxidation sites excluding steroid dienone is 1. The number of carbonyl (C=O) groups is 2. The van der Waals surface area contributed by atoms with Crippen LogP contribution in [-0.4, -0.2) is 57.7 Å². The number of hydrogen-bond donors (Lipinski definition) is 1. The zero-order valence-corrected chi connectivity index (χ0v) is 24.0. The summed E-state index contributed by atoms with van der Waals surface area (Å²) in [6.45, 7) is 12.1. The van der Waals surface area contributed by atoms with Crippen LogP contribution in [0.5, 0.6) is 0 Å². The maximum atomic E-state index is 13.6. The van der Waals surface area contributed by atoms with Crippen molar-refractivity contribution >= 4 is 23.2 Å².